The quantitative estimate of drug-likeness (QED) is 0.855. The number of hydrogen-bond acceptors (Lipinski definition) is 5. The third-order valence-electron chi connectivity index (χ3n) is 5.13. The lowest BCUT2D eigenvalue weighted by molar-refractivity contribution is 0.0683. The van der Waals surface area contributed by atoms with Crippen molar-refractivity contribution < 1.29 is 14.7 Å². The molecule has 130 valence electrons. The number of amides is 1. The summed E-state index contributed by atoms with van der Waals surface area (Å²) in [4.78, 5) is 30.1. The molecule has 0 spiro atoms. The molecule has 0 aromatic carbocycles. The Morgan fingerprint density at radius 2 is 2.12 bits per heavy atom. The largest absolute Gasteiger partial charge is 0.478 e. The van der Waals surface area contributed by atoms with Crippen molar-refractivity contribution in [2.75, 3.05) is 13.6 Å². The maximum atomic E-state index is 13.0. The van der Waals surface area contributed by atoms with Crippen LogP contribution in [0.2, 0.25) is 0 Å². The number of carboxylic acid groups (broad SMARTS) is 1. The van der Waals surface area contributed by atoms with Crippen molar-refractivity contribution in [2.45, 2.75) is 31.5 Å². The molecule has 1 saturated carbocycles. The molecule has 0 atom stereocenters. The van der Waals surface area contributed by atoms with Crippen LogP contribution in [-0.4, -0.2) is 50.2 Å². The van der Waals surface area contributed by atoms with Gasteiger partial charge in [0.1, 0.15) is 0 Å². The van der Waals surface area contributed by atoms with Crippen LogP contribution in [0.3, 0.4) is 0 Å². The van der Waals surface area contributed by atoms with Gasteiger partial charge in [0.2, 0.25) is 0 Å². The van der Waals surface area contributed by atoms with Gasteiger partial charge in [-0.2, -0.15) is 5.10 Å². The van der Waals surface area contributed by atoms with E-state index in [0.717, 1.165) is 37.3 Å². The molecule has 25 heavy (non-hydrogen) atoms. The minimum atomic E-state index is -1.01. The number of carboxylic acids is 1. The molecule has 1 fully saturated rings. The Morgan fingerprint density at radius 3 is 2.76 bits per heavy atom. The average Bonchev–Trinajstić information content (AvgIpc) is 3.34. The first-order valence-corrected chi connectivity index (χ1v) is 8.26. The van der Waals surface area contributed by atoms with Gasteiger partial charge in [-0.1, -0.05) is 0 Å². The molecule has 0 unspecified atom stereocenters. The zero-order valence-electron chi connectivity index (χ0n) is 13.9. The molecule has 2 aromatic rings. The number of nitrogens with one attached hydrogen (secondary N) is 1. The first-order chi connectivity index (χ1) is 12.0. The van der Waals surface area contributed by atoms with E-state index in [1.54, 1.807) is 24.2 Å². The summed E-state index contributed by atoms with van der Waals surface area (Å²) in [6, 6.07) is 3.24. The van der Waals surface area contributed by atoms with E-state index in [0.29, 0.717) is 12.1 Å². The van der Waals surface area contributed by atoms with Crippen molar-refractivity contribution >= 4 is 11.9 Å². The molecule has 4 rings (SSSR count). The van der Waals surface area contributed by atoms with E-state index < -0.39 is 11.5 Å². The number of aromatic nitrogens is 3. The van der Waals surface area contributed by atoms with Crippen molar-refractivity contribution in [3.63, 3.8) is 0 Å². The third kappa shape index (κ3) is 2.49. The van der Waals surface area contributed by atoms with E-state index in [1.165, 1.54) is 12.3 Å². The maximum Gasteiger partial charge on any atom is 0.337 e. The highest BCUT2D eigenvalue weighted by molar-refractivity contribution is 5.96. The summed E-state index contributed by atoms with van der Waals surface area (Å²) in [5.41, 5.74) is 1.94. The number of hydrogen-bond donors (Lipinski definition) is 2. The fourth-order valence-corrected chi connectivity index (χ4v) is 3.41. The Bertz CT molecular complexity index is 838. The van der Waals surface area contributed by atoms with Crippen LogP contribution in [0.1, 0.15) is 44.9 Å². The van der Waals surface area contributed by atoms with Crippen LogP contribution >= 0.6 is 0 Å². The Labute approximate surface area is 144 Å². The molecule has 2 aromatic heterocycles. The van der Waals surface area contributed by atoms with Crippen LogP contribution in [0, 0.1) is 0 Å². The van der Waals surface area contributed by atoms with Crippen molar-refractivity contribution in [3.8, 4) is 0 Å². The molecular weight excluding hydrogens is 322 g/mol. The molecule has 0 saturated heterocycles. The number of fused-ring (bicyclic) bond motifs is 1. The number of pyridine rings is 1. The molecule has 1 amide bonds. The van der Waals surface area contributed by atoms with Crippen molar-refractivity contribution in [1.82, 2.24) is 25.0 Å². The fourth-order valence-electron chi connectivity index (χ4n) is 3.41. The highest BCUT2D eigenvalue weighted by Crippen LogP contribution is 2.50. The van der Waals surface area contributed by atoms with E-state index >= 15 is 0 Å². The van der Waals surface area contributed by atoms with Crippen molar-refractivity contribution in [2.24, 2.45) is 0 Å². The first kappa shape index (κ1) is 15.8. The van der Waals surface area contributed by atoms with Gasteiger partial charge < -0.3 is 15.3 Å². The highest BCUT2D eigenvalue weighted by atomic mass is 16.4. The van der Waals surface area contributed by atoms with Gasteiger partial charge in [-0.25, -0.2) is 4.79 Å². The zero-order valence-corrected chi connectivity index (χ0v) is 13.9. The Balaban J connectivity index is 1.61. The van der Waals surface area contributed by atoms with Gasteiger partial charge in [0.05, 0.1) is 40.8 Å². The minimum Gasteiger partial charge on any atom is -0.478 e. The van der Waals surface area contributed by atoms with Gasteiger partial charge >= 0.3 is 5.97 Å². The summed E-state index contributed by atoms with van der Waals surface area (Å²) >= 11 is 0. The topological polar surface area (TPSA) is 100 Å². The SMILES string of the molecule is CN(C(=O)c1cnn2c1CNCC2)C1(c2ccc(C(=O)O)cn2)CC1. The van der Waals surface area contributed by atoms with Gasteiger partial charge in [0.15, 0.2) is 0 Å². The molecule has 2 N–H and O–H groups in total. The van der Waals surface area contributed by atoms with Crippen LogP contribution in [0.25, 0.3) is 0 Å². The molecule has 8 heteroatoms. The molecule has 1 aliphatic heterocycles. The molecular formula is C17H19N5O3. The highest BCUT2D eigenvalue weighted by Gasteiger charge is 2.51. The van der Waals surface area contributed by atoms with E-state index in [9.17, 15) is 9.59 Å². The lowest BCUT2D eigenvalue weighted by Crippen LogP contribution is -2.39. The van der Waals surface area contributed by atoms with Gasteiger partial charge in [-0.15, -0.1) is 0 Å². The average molecular weight is 341 g/mol. The number of carbonyl (C=O) groups excluding carboxylic acids is 1. The van der Waals surface area contributed by atoms with Crippen LogP contribution in [0.15, 0.2) is 24.5 Å². The second-order valence-electron chi connectivity index (χ2n) is 6.54. The predicted octanol–water partition coefficient (Wildman–Crippen LogP) is 0.841. The predicted molar refractivity (Wildman–Crippen MR) is 88.1 cm³/mol. The lowest BCUT2D eigenvalue weighted by Gasteiger charge is -2.28. The molecule has 0 radical (unpaired) electrons. The monoisotopic (exact) mass is 341 g/mol. The van der Waals surface area contributed by atoms with Crippen molar-refractivity contribution in [3.05, 3.63) is 47.0 Å². The summed E-state index contributed by atoms with van der Waals surface area (Å²) in [5.74, 6) is -1.08. The van der Waals surface area contributed by atoms with Crippen LogP contribution < -0.4 is 5.32 Å². The Kier molecular flexibility index (Phi) is 3.57. The van der Waals surface area contributed by atoms with Crippen LogP contribution in [0.5, 0.6) is 0 Å². The third-order valence-corrected chi connectivity index (χ3v) is 5.13. The number of carbonyl (C=O) groups is 2. The summed E-state index contributed by atoms with van der Waals surface area (Å²) in [6.45, 7) is 2.24. The second-order valence-corrected chi connectivity index (χ2v) is 6.54. The molecule has 0 bridgehead atoms. The van der Waals surface area contributed by atoms with Crippen LogP contribution in [-0.2, 0) is 18.6 Å². The van der Waals surface area contributed by atoms with E-state index in [2.05, 4.69) is 15.4 Å². The Hall–Kier alpha value is -2.74. The summed E-state index contributed by atoms with van der Waals surface area (Å²) in [6.07, 6.45) is 4.62. The van der Waals surface area contributed by atoms with Gasteiger partial charge in [-0.3, -0.25) is 14.5 Å². The normalized spacial score (nSPS) is 17.6. The maximum absolute atomic E-state index is 13.0. The van der Waals surface area contributed by atoms with E-state index in [1.807, 2.05) is 4.68 Å². The Morgan fingerprint density at radius 1 is 1.32 bits per heavy atom. The summed E-state index contributed by atoms with van der Waals surface area (Å²) in [5, 5.41) is 16.6. The van der Waals surface area contributed by atoms with E-state index in [-0.39, 0.29) is 11.5 Å². The molecule has 1 aliphatic carbocycles. The fraction of sp³-hybridized carbons (Fsp3) is 0.412. The summed E-state index contributed by atoms with van der Waals surface area (Å²) < 4.78 is 1.87. The summed E-state index contributed by atoms with van der Waals surface area (Å²) in [7, 11) is 1.78. The molecule has 2 aliphatic rings. The molecule has 8 nitrogen and oxygen atoms in total. The van der Waals surface area contributed by atoms with Gasteiger partial charge in [0, 0.05) is 26.3 Å². The first-order valence-electron chi connectivity index (χ1n) is 8.26. The zero-order chi connectivity index (χ0) is 17.6. The van der Waals surface area contributed by atoms with Gasteiger partial charge in [-0.05, 0) is 25.0 Å². The number of rotatable bonds is 4. The van der Waals surface area contributed by atoms with Gasteiger partial charge in [0.25, 0.3) is 5.91 Å². The number of aromatic carboxylic acids is 1. The van der Waals surface area contributed by atoms with Crippen molar-refractivity contribution in [1.29, 1.82) is 0 Å². The van der Waals surface area contributed by atoms with E-state index in [4.69, 9.17) is 5.11 Å². The smallest absolute Gasteiger partial charge is 0.337 e. The standard InChI is InChI=1S/C17H19N5O3/c1-21(15(23)12-9-20-22-7-6-18-10-13(12)22)17(4-5-17)14-3-2-11(8-19-14)16(24)25/h2-3,8-9,18H,4-7,10H2,1H3,(H,24,25). The lowest BCUT2D eigenvalue weighted by atomic mass is 10.1. The molecule has 3 heterocycles. The second kappa shape index (κ2) is 5.66. The minimum absolute atomic E-state index is 0.0773. The number of nitrogens with zero attached hydrogens (tertiary/aromatic N) is 4. The van der Waals surface area contributed by atoms with Crippen LogP contribution in [0.4, 0.5) is 0 Å².